The number of allylic oxidation sites excluding steroid dienone is 2. The Balaban J connectivity index is 1.51. The number of rotatable bonds is 3. The number of amides is 3. The summed E-state index contributed by atoms with van der Waals surface area (Å²) in [5.74, 6) is -1.12. The average molecular weight is 369 g/mol. The van der Waals surface area contributed by atoms with Crippen LogP contribution in [0.3, 0.4) is 0 Å². The van der Waals surface area contributed by atoms with E-state index in [4.69, 9.17) is 4.74 Å². The Morgan fingerprint density at radius 3 is 2.63 bits per heavy atom. The third kappa shape index (κ3) is 3.60. The smallest absolute Gasteiger partial charge is 0.251 e. The minimum atomic E-state index is -0.344. The number of ether oxygens (including phenoxy) is 1. The number of carbonyl (C=O) groups is 3. The SMILES string of the molecule is O=C(NC1CCOCC1)c1cccc(N2NC(=O)[C@@H]3CC=CC[C@@H]3C2=O)c1. The number of fused-ring (bicyclic) bond motifs is 1. The van der Waals surface area contributed by atoms with E-state index in [1.54, 1.807) is 24.3 Å². The number of benzene rings is 1. The van der Waals surface area contributed by atoms with E-state index in [2.05, 4.69) is 10.7 Å². The lowest BCUT2D eigenvalue weighted by Crippen LogP contribution is -2.59. The number of hydrogen-bond acceptors (Lipinski definition) is 4. The fraction of sp³-hybridized carbons (Fsp3) is 0.450. The van der Waals surface area contributed by atoms with Gasteiger partial charge >= 0.3 is 0 Å². The molecule has 1 aliphatic carbocycles. The molecule has 2 saturated heterocycles. The van der Waals surface area contributed by atoms with E-state index in [0.717, 1.165) is 12.8 Å². The highest BCUT2D eigenvalue weighted by Crippen LogP contribution is 2.32. The van der Waals surface area contributed by atoms with Crippen LogP contribution in [0.4, 0.5) is 5.69 Å². The highest BCUT2D eigenvalue weighted by Gasteiger charge is 2.42. The second kappa shape index (κ2) is 7.52. The van der Waals surface area contributed by atoms with Crippen LogP contribution in [-0.2, 0) is 14.3 Å². The summed E-state index contributed by atoms with van der Waals surface area (Å²) in [6.45, 7) is 1.30. The number of nitrogens with one attached hydrogen (secondary N) is 2. The van der Waals surface area contributed by atoms with Gasteiger partial charge in [-0.05, 0) is 43.9 Å². The minimum absolute atomic E-state index is 0.0982. The first-order valence-electron chi connectivity index (χ1n) is 9.41. The summed E-state index contributed by atoms with van der Waals surface area (Å²) in [5, 5.41) is 4.30. The van der Waals surface area contributed by atoms with Crippen molar-refractivity contribution >= 4 is 23.4 Å². The quantitative estimate of drug-likeness (QED) is 0.792. The normalized spacial score (nSPS) is 25.7. The maximum Gasteiger partial charge on any atom is 0.251 e. The van der Waals surface area contributed by atoms with Crippen LogP contribution in [0, 0.1) is 11.8 Å². The second-order valence-corrected chi connectivity index (χ2v) is 7.22. The molecule has 7 nitrogen and oxygen atoms in total. The Labute approximate surface area is 157 Å². The van der Waals surface area contributed by atoms with Crippen LogP contribution in [0.15, 0.2) is 36.4 Å². The van der Waals surface area contributed by atoms with Crippen LogP contribution >= 0.6 is 0 Å². The Kier molecular flexibility index (Phi) is 4.94. The van der Waals surface area contributed by atoms with E-state index >= 15 is 0 Å². The summed E-state index contributed by atoms with van der Waals surface area (Å²) in [6.07, 6.45) is 6.64. The van der Waals surface area contributed by atoms with E-state index in [9.17, 15) is 14.4 Å². The number of nitrogens with zero attached hydrogens (tertiary/aromatic N) is 1. The molecule has 7 heteroatoms. The molecule has 0 unspecified atom stereocenters. The van der Waals surface area contributed by atoms with Crippen LogP contribution in [0.25, 0.3) is 0 Å². The number of hydrazine groups is 1. The van der Waals surface area contributed by atoms with Gasteiger partial charge < -0.3 is 10.1 Å². The van der Waals surface area contributed by atoms with Crippen molar-refractivity contribution in [2.75, 3.05) is 18.2 Å². The van der Waals surface area contributed by atoms with Gasteiger partial charge in [0, 0.05) is 24.8 Å². The lowest BCUT2D eigenvalue weighted by molar-refractivity contribution is -0.139. The van der Waals surface area contributed by atoms with E-state index in [1.807, 2.05) is 12.2 Å². The molecule has 2 N–H and O–H groups in total. The second-order valence-electron chi connectivity index (χ2n) is 7.22. The predicted molar refractivity (Wildman–Crippen MR) is 98.7 cm³/mol. The van der Waals surface area contributed by atoms with Crippen LogP contribution in [0.2, 0.25) is 0 Å². The lowest BCUT2D eigenvalue weighted by Gasteiger charge is -2.38. The Morgan fingerprint density at radius 2 is 1.85 bits per heavy atom. The predicted octanol–water partition coefficient (Wildman–Crippen LogP) is 1.56. The fourth-order valence-corrected chi connectivity index (χ4v) is 3.88. The molecule has 2 aliphatic heterocycles. The zero-order chi connectivity index (χ0) is 18.8. The van der Waals surface area contributed by atoms with Crippen molar-refractivity contribution in [3.8, 4) is 0 Å². The van der Waals surface area contributed by atoms with Crippen molar-refractivity contribution in [1.29, 1.82) is 0 Å². The summed E-state index contributed by atoms with van der Waals surface area (Å²) in [5.41, 5.74) is 3.66. The zero-order valence-electron chi connectivity index (χ0n) is 15.0. The molecular formula is C20H23N3O4. The standard InChI is InChI=1S/C20H23N3O4/c24-18(21-14-8-10-27-11-9-14)13-4-3-5-15(12-13)23-20(26)17-7-2-1-6-16(17)19(25)22-23/h1-5,12,14,16-17H,6-11H2,(H,21,24)(H,22,25)/t16-,17+/m1/s1. The maximum atomic E-state index is 12.9. The average Bonchev–Trinajstić information content (AvgIpc) is 2.71. The van der Waals surface area contributed by atoms with Crippen molar-refractivity contribution in [2.45, 2.75) is 31.7 Å². The molecule has 0 aromatic heterocycles. The molecule has 27 heavy (non-hydrogen) atoms. The molecule has 2 fully saturated rings. The van der Waals surface area contributed by atoms with Crippen molar-refractivity contribution < 1.29 is 19.1 Å². The molecule has 1 aromatic carbocycles. The zero-order valence-corrected chi connectivity index (χ0v) is 15.0. The van der Waals surface area contributed by atoms with Gasteiger partial charge in [0.15, 0.2) is 0 Å². The largest absolute Gasteiger partial charge is 0.381 e. The topological polar surface area (TPSA) is 87.7 Å². The molecule has 4 rings (SSSR count). The summed E-state index contributed by atoms with van der Waals surface area (Å²) in [6, 6.07) is 6.90. The van der Waals surface area contributed by atoms with Crippen molar-refractivity contribution in [1.82, 2.24) is 10.7 Å². The van der Waals surface area contributed by atoms with Crippen molar-refractivity contribution in [2.24, 2.45) is 11.8 Å². The van der Waals surface area contributed by atoms with Gasteiger partial charge in [-0.1, -0.05) is 18.2 Å². The van der Waals surface area contributed by atoms with Gasteiger partial charge in [-0.25, -0.2) is 5.01 Å². The van der Waals surface area contributed by atoms with Crippen LogP contribution in [0.5, 0.6) is 0 Å². The molecule has 0 saturated carbocycles. The van der Waals surface area contributed by atoms with Crippen LogP contribution in [-0.4, -0.2) is 37.0 Å². The number of anilines is 1. The van der Waals surface area contributed by atoms with Crippen LogP contribution < -0.4 is 15.8 Å². The monoisotopic (exact) mass is 369 g/mol. The first-order valence-corrected chi connectivity index (χ1v) is 9.41. The molecule has 2 atom stereocenters. The first kappa shape index (κ1) is 17.7. The van der Waals surface area contributed by atoms with Gasteiger partial charge in [0.1, 0.15) is 0 Å². The first-order chi connectivity index (χ1) is 13.1. The molecule has 2 heterocycles. The molecule has 0 bridgehead atoms. The molecule has 3 aliphatic rings. The summed E-state index contributed by atoms with van der Waals surface area (Å²) >= 11 is 0. The molecule has 1 aromatic rings. The highest BCUT2D eigenvalue weighted by molar-refractivity contribution is 6.05. The van der Waals surface area contributed by atoms with Crippen molar-refractivity contribution in [3.63, 3.8) is 0 Å². The summed E-state index contributed by atoms with van der Waals surface area (Å²) in [4.78, 5) is 37.8. The molecule has 142 valence electrons. The van der Waals surface area contributed by atoms with E-state index in [0.29, 0.717) is 37.3 Å². The van der Waals surface area contributed by atoms with E-state index in [1.165, 1.54) is 5.01 Å². The van der Waals surface area contributed by atoms with E-state index in [-0.39, 0.29) is 35.6 Å². The Morgan fingerprint density at radius 1 is 1.11 bits per heavy atom. The Hall–Kier alpha value is -2.67. The third-order valence-electron chi connectivity index (χ3n) is 5.45. The summed E-state index contributed by atoms with van der Waals surface area (Å²) in [7, 11) is 0. The van der Waals surface area contributed by atoms with E-state index < -0.39 is 0 Å². The van der Waals surface area contributed by atoms with Gasteiger partial charge in [0.05, 0.1) is 17.5 Å². The van der Waals surface area contributed by atoms with Gasteiger partial charge in [-0.15, -0.1) is 0 Å². The minimum Gasteiger partial charge on any atom is -0.381 e. The maximum absolute atomic E-state index is 12.9. The van der Waals surface area contributed by atoms with Gasteiger partial charge in [-0.2, -0.15) is 0 Å². The van der Waals surface area contributed by atoms with Gasteiger partial charge in [0.2, 0.25) is 11.8 Å². The third-order valence-corrected chi connectivity index (χ3v) is 5.45. The van der Waals surface area contributed by atoms with Gasteiger partial charge in [-0.3, -0.25) is 19.8 Å². The highest BCUT2D eigenvalue weighted by atomic mass is 16.5. The number of hydrogen-bond donors (Lipinski definition) is 2. The molecule has 0 spiro atoms. The van der Waals surface area contributed by atoms with Crippen LogP contribution in [0.1, 0.15) is 36.0 Å². The number of carbonyl (C=O) groups excluding carboxylic acids is 3. The Bertz CT molecular complexity index is 785. The lowest BCUT2D eigenvalue weighted by atomic mass is 9.80. The fourth-order valence-electron chi connectivity index (χ4n) is 3.88. The summed E-state index contributed by atoms with van der Waals surface area (Å²) < 4.78 is 5.31. The molecular weight excluding hydrogens is 346 g/mol. The molecule has 0 radical (unpaired) electrons. The molecule has 3 amide bonds. The van der Waals surface area contributed by atoms with Crippen molar-refractivity contribution in [3.05, 3.63) is 42.0 Å². The van der Waals surface area contributed by atoms with Gasteiger partial charge in [0.25, 0.3) is 5.91 Å².